The lowest BCUT2D eigenvalue weighted by Crippen LogP contribution is -2.26. The molecule has 0 fully saturated rings. The van der Waals surface area contributed by atoms with Crippen molar-refractivity contribution in [1.82, 2.24) is 10.3 Å². The monoisotopic (exact) mass is 238 g/mol. The molecule has 1 atom stereocenters. The van der Waals surface area contributed by atoms with Crippen molar-refractivity contribution in [1.29, 1.82) is 0 Å². The van der Waals surface area contributed by atoms with Crippen LogP contribution in [0.2, 0.25) is 0 Å². The molecule has 92 valence electrons. The molecule has 18 heavy (non-hydrogen) atoms. The van der Waals surface area contributed by atoms with Crippen LogP contribution in [0.15, 0.2) is 36.5 Å². The van der Waals surface area contributed by atoms with Crippen LogP contribution in [0.3, 0.4) is 0 Å². The molecule has 2 rings (SSSR count). The van der Waals surface area contributed by atoms with Gasteiger partial charge < -0.3 is 0 Å². The minimum absolute atomic E-state index is 0.155. The zero-order valence-corrected chi connectivity index (χ0v) is 10.7. The van der Waals surface area contributed by atoms with Crippen LogP contribution in [0.25, 0.3) is 10.9 Å². The number of rotatable bonds is 5. The Morgan fingerprint density at radius 2 is 2.17 bits per heavy atom. The van der Waals surface area contributed by atoms with E-state index in [9.17, 15) is 0 Å². The average Bonchev–Trinajstić information content (AvgIpc) is 2.43. The van der Waals surface area contributed by atoms with Gasteiger partial charge in [0.1, 0.15) is 0 Å². The molecule has 1 N–H and O–H groups in total. The molecule has 2 aromatic rings. The predicted molar refractivity (Wildman–Crippen MR) is 76.1 cm³/mol. The number of nitrogens with zero attached hydrogens (tertiary/aromatic N) is 1. The maximum absolute atomic E-state index is 5.51. The molecule has 0 spiro atoms. The van der Waals surface area contributed by atoms with Crippen molar-refractivity contribution in [2.45, 2.75) is 32.4 Å². The van der Waals surface area contributed by atoms with Gasteiger partial charge in [-0.15, -0.1) is 6.42 Å². The van der Waals surface area contributed by atoms with Crippen molar-refractivity contribution in [2.75, 3.05) is 0 Å². The first-order chi connectivity index (χ1) is 8.85. The summed E-state index contributed by atoms with van der Waals surface area (Å²) in [4.78, 5) is 4.36. The van der Waals surface area contributed by atoms with Gasteiger partial charge >= 0.3 is 0 Å². The molecule has 0 amide bonds. The van der Waals surface area contributed by atoms with Crippen LogP contribution < -0.4 is 5.32 Å². The summed E-state index contributed by atoms with van der Waals surface area (Å²) in [5, 5.41) is 4.61. The summed E-state index contributed by atoms with van der Waals surface area (Å²) < 4.78 is 0. The lowest BCUT2D eigenvalue weighted by Gasteiger charge is -2.13. The number of benzene rings is 1. The number of para-hydroxylation sites is 1. The van der Waals surface area contributed by atoms with E-state index in [0.29, 0.717) is 0 Å². The fourth-order valence-electron chi connectivity index (χ4n) is 2.08. The number of nitrogens with one attached hydrogen (secondary N) is 1. The van der Waals surface area contributed by atoms with Crippen molar-refractivity contribution in [2.24, 2.45) is 0 Å². The molecule has 2 heteroatoms. The number of terminal acetylenes is 1. The number of aromatic nitrogens is 1. The Morgan fingerprint density at radius 1 is 1.33 bits per heavy atom. The van der Waals surface area contributed by atoms with Crippen LogP contribution in [-0.4, -0.2) is 11.0 Å². The lowest BCUT2D eigenvalue weighted by molar-refractivity contribution is 0.564. The van der Waals surface area contributed by atoms with E-state index in [4.69, 9.17) is 6.42 Å². The summed E-state index contributed by atoms with van der Waals surface area (Å²) in [5.74, 6) is 2.79. The van der Waals surface area contributed by atoms with Gasteiger partial charge in [-0.2, -0.15) is 0 Å². The highest BCUT2D eigenvalue weighted by molar-refractivity contribution is 5.81. The van der Waals surface area contributed by atoms with Gasteiger partial charge in [0.2, 0.25) is 0 Å². The lowest BCUT2D eigenvalue weighted by atomic mass is 10.1. The second kappa shape index (κ2) is 6.18. The zero-order chi connectivity index (χ0) is 12.8. The largest absolute Gasteiger partial charge is 0.300 e. The number of hydrogen-bond donors (Lipinski definition) is 1. The van der Waals surface area contributed by atoms with Gasteiger partial charge in [-0.1, -0.05) is 37.5 Å². The predicted octanol–water partition coefficient (Wildman–Crippen LogP) is 3.13. The number of pyridine rings is 1. The molecule has 0 radical (unpaired) electrons. The van der Waals surface area contributed by atoms with Gasteiger partial charge in [0.15, 0.2) is 0 Å². The van der Waals surface area contributed by atoms with E-state index in [0.717, 1.165) is 24.9 Å². The number of hydrogen-bond acceptors (Lipinski definition) is 2. The van der Waals surface area contributed by atoms with Gasteiger partial charge in [0.25, 0.3) is 0 Å². The smallest absolute Gasteiger partial charge is 0.0705 e. The van der Waals surface area contributed by atoms with Crippen LogP contribution in [0.5, 0.6) is 0 Å². The van der Waals surface area contributed by atoms with Gasteiger partial charge in [0.05, 0.1) is 11.6 Å². The van der Waals surface area contributed by atoms with E-state index in [1.165, 1.54) is 10.9 Å². The second-order valence-electron chi connectivity index (χ2n) is 4.38. The Bertz CT molecular complexity index is 549. The van der Waals surface area contributed by atoms with Crippen LogP contribution in [0.1, 0.15) is 25.3 Å². The van der Waals surface area contributed by atoms with Crippen molar-refractivity contribution < 1.29 is 0 Å². The van der Waals surface area contributed by atoms with Crippen LogP contribution in [-0.2, 0) is 6.54 Å². The van der Waals surface area contributed by atoms with E-state index in [1.807, 2.05) is 24.4 Å². The summed E-state index contributed by atoms with van der Waals surface area (Å²) in [6.45, 7) is 2.94. The van der Waals surface area contributed by atoms with Crippen molar-refractivity contribution in [3.8, 4) is 12.3 Å². The summed E-state index contributed by atoms with van der Waals surface area (Å²) in [7, 11) is 0. The Morgan fingerprint density at radius 3 is 2.94 bits per heavy atom. The van der Waals surface area contributed by atoms with Crippen LogP contribution in [0.4, 0.5) is 0 Å². The minimum Gasteiger partial charge on any atom is -0.300 e. The maximum atomic E-state index is 5.51. The molecule has 1 unspecified atom stereocenters. The molecule has 1 aromatic heterocycles. The van der Waals surface area contributed by atoms with E-state index >= 15 is 0 Å². The van der Waals surface area contributed by atoms with E-state index in [2.05, 4.69) is 35.3 Å². The second-order valence-corrected chi connectivity index (χ2v) is 4.38. The highest BCUT2D eigenvalue weighted by Crippen LogP contribution is 2.16. The quantitative estimate of drug-likeness (QED) is 0.809. The molecule has 1 heterocycles. The summed E-state index contributed by atoms with van der Waals surface area (Å²) in [6, 6.07) is 10.4. The molecular formula is C16H18N2. The normalized spacial score (nSPS) is 12.2. The summed E-state index contributed by atoms with van der Waals surface area (Å²) >= 11 is 0. The first kappa shape index (κ1) is 12.6. The minimum atomic E-state index is 0.155. The van der Waals surface area contributed by atoms with E-state index in [-0.39, 0.29) is 6.04 Å². The van der Waals surface area contributed by atoms with Crippen molar-refractivity contribution >= 4 is 10.9 Å². The van der Waals surface area contributed by atoms with Crippen molar-refractivity contribution in [3.05, 3.63) is 42.1 Å². The van der Waals surface area contributed by atoms with Gasteiger partial charge in [0, 0.05) is 18.1 Å². The standard InChI is InChI=1S/C16H18N2/c1-3-7-14(4-2)18-12-13-10-11-17-16-9-6-5-8-15(13)16/h2,5-6,8-11,14,18H,3,7,12H2,1H3. The topological polar surface area (TPSA) is 24.9 Å². The third kappa shape index (κ3) is 2.88. The van der Waals surface area contributed by atoms with Gasteiger partial charge in [-0.3, -0.25) is 10.3 Å². The van der Waals surface area contributed by atoms with Crippen molar-refractivity contribution in [3.63, 3.8) is 0 Å². The Labute approximate surface area is 108 Å². The van der Waals surface area contributed by atoms with E-state index in [1.54, 1.807) is 0 Å². The van der Waals surface area contributed by atoms with E-state index < -0.39 is 0 Å². The Kier molecular flexibility index (Phi) is 4.33. The Hall–Kier alpha value is -1.85. The zero-order valence-electron chi connectivity index (χ0n) is 10.7. The molecule has 0 saturated carbocycles. The van der Waals surface area contributed by atoms with Crippen LogP contribution in [0, 0.1) is 12.3 Å². The summed E-state index contributed by atoms with van der Waals surface area (Å²) in [6.07, 6.45) is 9.47. The van der Waals surface area contributed by atoms with Gasteiger partial charge in [-0.05, 0) is 24.1 Å². The number of fused-ring (bicyclic) bond motifs is 1. The molecule has 0 saturated heterocycles. The molecular weight excluding hydrogens is 220 g/mol. The molecule has 0 aliphatic heterocycles. The molecule has 0 bridgehead atoms. The fraction of sp³-hybridized carbons (Fsp3) is 0.312. The first-order valence-corrected chi connectivity index (χ1v) is 6.37. The first-order valence-electron chi connectivity index (χ1n) is 6.37. The highest BCUT2D eigenvalue weighted by atomic mass is 14.9. The maximum Gasteiger partial charge on any atom is 0.0705 e. The van der Waals surface area contributed by atoms with Gasteiger partial charge in [-0.25, -0.2) is 0 Å². The average molecular weight is 238 g/mol. The van der Waals surface area contributed by atoms with Crippen LogP contribution >= 0.6 is 0 Å². The summed E-state index contributed by atoms with van der Waals surface area (Å²) in [5.41, 5.74) is 2.28. The SMILES string of the molecule is C#CC(CCC)NCc1ccnc2ccccc12. The molecule has 0 aliphatic rings. The fourth-order valence-corrected chi connectivity index (χ4v) is 2.08. The molecule has 1 aromatic carbocycles. The molecule has 2 nitrogen and oxygen atoms in total. The third-order valence-corrected chi connectivity index (χ3v) is 3.06. The highest BCUT2D eigenvalue weighted by Gasteiger charge is 2.05. The third-order valence-electron chi connectivity index (χ3n) is 3.06. The Balaban J connectivity index is 2.15. The molecule has 0 aliphatic carbocycles.